The third kappa shape index (κ3) is 2.79. The van der Waals surface area contributed by atoms with Crippen LogP contribution in [0.25, 0.3) is 0 Å². The van der Waals surface area contributed by atoms with Crippen LogP contribution < -0.4 is 5.32 Å². The smallest absolute Gasteiger partial charge is 0.243 e. The van der Waals surface area contributed by atoms with E-state index < -0.39 is 0 Å². The van der Waals surface area contributed by atoms with Crippen molar-refractivity contribution >= 4 is 5.91 Å². The van der Waals surface area contributed by atoms with Crippen LogP contribution in [0.15, 0.2) is 30.3 Å². The molecule has 120 valence electrons. The number of benzene rings is 1. The van der Waals surface area contributed by atoms with Crippen molar-refractivity contribution in [3.63, 3.8) is 0 Å². The highest BCUT2D eigenvalue weighted by atomic mass is 16.2. The summed E-state index contributed by atoms with van der Waals surface area (Å²) in [5.41, 5.74) is 0.858. The SMILES string of the molecule is CC(c1ccccc1)N1CC(C)(C)NC2(CCCCC2)C1=O. The zero-order chi connectivity index (χ0) is 15.8. The summed E-state index contributed by atoms with van der Waals surface area (Å²) in [5, 5.41) is 3.70. The van der Waals surface area contributed by atoms with Crippen LogP contribution in [0.4, 0.5) is 0 Å². The number of hydrogen-bond acceptors (Lipinski definition) is 2. The standard InChI is InChI=1S/C19H28N2O/c1-15(16-10-6-4-7-11-16)21-14-18(2,3)20-19(17(21)22)12-8-5-9-13-19/h4,6-7,10-11,15,20H,5,8-9,12-14H2,1-3H3. The van der Waals surface area contributed by atoms with Crippen LogP contribution in [0.2, 0.25) is 0 Å². The van der Waals surface area contributed by atoms with Gasteiger partial charge in [0.25, 0.3) is 0 Å². The van der Waals surface area contributed by atoms with Crippen molar-refractivity contribution in [2.75, 3.05) is 6.54 Å². The van der Waals surface area contributed by atoms with Gasteiger partial charge in [0.1, 0.15) is 0 Å². The van der Waals surface area contributed by atoms with Crippen LogP contribution >= 0.6 is 0 Å². The Hall–Kier alpha value is -1.35. The molecule has 3 heteroatoms. The summed E-state index contributed by atoms with van der Waals surface area (Å²) in [5.74, 6) is 0.308. The Bertz CT molecular complexity index is 532. The molecule has 1 aliphatic carbocycles. The number of amides is 1. The van der Waals surface area contributed by atoms with Gasteiger partial charge in [0.05, 0.1) is 11.6 Å². The average Bonchev–Trinajstić information content (AvgIpc) is 2.51. The maximum atomic E-state index is 13.3. The molecule has 2 fully saturated rings. The van der Waals surface area contributed by atoms with Crippen LogP contribution in [-0.2, 0) is 4.79 Å². The minimum atomic E-state index is -0.330. The molecule has 1 heterocycles. The predicted molar refractivity (Wildman–Crippen MR) is 89.6 cm³/mol. The highest BCUT2D eigenvalue weighted by Gasteiger charge is 2.50. The van der Waals surface area contributed by atoms with Crippen molar-refractivity contribution < 1.29 is 4.79 Å². The van der Waals surface area contributed by atoms with E-state index in [2.05, 4.69) is 55.3 Å². The first kappa shape index (κ1) is 15.5. The Morgan fingerprint density at radius 1 is 1.09 bits per heavy atom. The number of carbonyl (C=O) groups is 1. The molecular formula is C19H28N2O. The molecule has 1 aliphatic heterocycles. The second-order valence-electron chi connectivity index (χ2n) is 7.67. The van der Waals surface area contributed by atoms with Crippen molar-refractivity contribution in [3.8, 4) is 0 Å². The molecule has 0 aromatic heterocycles. The summed E-state index contributed by atoms with van der Waals surface area (Å²) in [7, 11) is 0. The summed E-state index contributed by atoms with van der Waals surface area (Å²) in [6.45, 7) is 7.37. The molecule has 2 aliphatic rings. The Labute approximate surface area is 134 Å². The van der Waals surface area contributed by atoms with Crippen molar-refractivity contribution in [2.24, 2.45) is 0 Å². The van der Waals surface area contributed by atoms with E-state index in [1.165, 1.54) is 12.0 Å². The summed E-state index contributed by atoms with van der Waals surface area (Å²) >= 11 is 0. The van der Waals surface area contributed by atoms with E-state index in [1.54, 1.807) is 0 Å². The molecule has 1 spiro atoms. The maximum Gasteiger partial charge on any atom is 0.243 e. The van der Waals surface area contributed by atoms with E-state index in [9.17, 15) is 4.79 Å². The quantitative estimate of drug-likeness (QED) is 0.904. The van der Waals surface area contributed by atoms with E-state index in [0.717, 1.165) is 32.2 Å². The minimum absolute atomic E-state index is 0.0334. The predicted octanol–water partition coefficient (Wildman–Crippen LogP) is 3.66. The molecule has 1 saturated carbocycles. The molecule has 0 bridgehead atoms. The summed E-state index contributed by atoms with van der Waals surface area (Å²) in [6.07, 6.45) is 5.52. The zero-order valence-electron chi connectivity index (χ0n) is 14.1. The van der Waals surface area contributed by atoms with Crippen molar-refractivity contribution in [1.29, 1.82) is 0 Å². The fraction of sp³-hybridized carbons (Fsp3) is 0.632. The first-order valence-corrected chi connectivity index (χ1v) is 8.59. The topological polar surface area (TPSA) is 32.3 Å². The molecule has 3 nitrogen and oxygen atoms in total. The van der Waals surface area contributed by atoms with E-state index >= 15 is 0 Å². The Kier molecular flexibility index (Phi) is 4.02. The van der Waals surface area contributed by atoms with Gasteiger partial charge in [-0.3, -0.25) is 10.1 Å². The lowest BCUT2D eigenvalue weighted by atomic mass is 9.76. The van der Waals surface area contributed by atoms with E-state index in [4.69, 9.17) is 0 Å². The number of piperazine rings is 1. The lowest BCUT2D eigenvalue weighted by Crippen LogP contribution is -2.72. The average molecular weight is 300 g/mol. The molecule has 3 rings (SSSR count). The van der Waals surface area contributed by atoms with Gasteiger partial charge in [0.15, 0.2) is 0 Å². The second-order valence-corrected chi connectivity index (χ2v) is 7.67. The van der Waals surface area contributed by atoms with Gasteiger partial charge >= 0.3 is 0 Å². The Morgan fingerprint density at radius 2 is 1.73 bits per heavy atom. The van der Waals surface area contributed by atoms with Gasteiger partial charge in [-0.15, -0.1) is 0 Å². The van der Waals surface area contributed by atoms with Gasteiger partial charge < -0.3 is 4.90 Å². The van der Waals surface area contributed by atoms with Gasteiger partial charge in [-0.05, 0) is 39.2 Å². The van der Waals surface area contributed by atoms with Crippen LogP contribution in [0.5, 0.6) is 0 Å². The number of nitrogens with zero attached hydrogens (tertiary/aromatic N) is 1. The van der Waals surface area contributed by atoms with Gasteiger partial charge in [-0.2, -0.15) is 0 Å². The zero-order valence-corrected chi connectivity index (χ0v) is 14.1. The molecule has 1 N–H and O–H groups in total. The van der Waals surface area contributed by atoms with Crippen LogP contribution in [0.1, 0.15) is 64.5 Å². The molecule has 22 heavy (non-hydrogen) atoms. The first-order valence-electron chi connectivity index (χ1n) is 8.59. The highest BCUT2D eigenvalue weighted by molar-refractivity contribution is 5.88. The minimum Gasteiger partial charge on any atom is -0.333 e. The monoisotopic (exact) mass is 300 g/mol. The van der Waals surface area contributed by atoms with E-state index in [-0.39, 0.29) is 17.1 Å². The van der Waals surface area contributed by atoms with Crippen LogP contribution in [0, 0.1) is 0 Å². The first-order chi connectivity index (χ1) is 10.4. The fourth-order valence-corrected chi connectivity index (χ4v) is 4.23. The normalized spacial score (nSPS) is 25.2. The third-order valence-corrected chi connectivity index (χ3v) is 5.27. The summed E-state index contributed by atoms with van der Waals surface area (Å²) < 4.78 is 0. The lowest BCUT2D eigenvalue weighted by Gasteiger charge is -2.53. The van der Waals surface area contributed by atoms with Gasteiger partial charge in [0, 0.05) is 12.1 Å². The highest BCUT2D eigenvalue weighted by Crippen LogP contribution is 2.38. The number of nitrogens with one attached hydrogen (secondary N) is 1. The molecule has 1 saturated heterocycles. The largest absolute Gasteiger partial charge is 0.333 e. The molecule has 1 atom stereocenters. The van der Waals surface area contributed by atoms with Crippen LogP contribution in [-0.4, -0.2) is 28.4 Å². The summed E-state index contributed by atoms with van der Waals surface area (Å²) in [6, 6.07) is 10.5. The van der Waals surface area contributed by atoms with Gasteiger partial charge in [0.2, 0.25) is 5.91 Å². The van der Waals surface area contributed by atoms with Gasteiger partial charge in [-0.1, -0.05) is 49.6 Å². The van der Waals surface area contributed by atoms with E-state index in [0.29, 0.717) is 5.91 Å². The summed E-state index contributed by atoms with van der Waals surface area (Å²) in [4.78, 5) is 15.4. The Morgan fingerprint density at radius 3 is 2.36 bits per heavy atom. The van der Waals surface area contributed by atoms with Gasteiger partial charge in [-0.25, -0.2) is 0 Å². The number of rotatable bonds is 2. The van der Waals surface area contributed by atoms with Crippen molar-refractivity contribution in [3.05, 3.63) is 35.9 Å². The Balaban J connectivity index is 1.91. The third-order valence-electron chi connectivity index (χ3n) is 5.27. The molecule has 1 amide bonds. The number of carbonyl (C=O) groups excluding carboxylic acids is 1. The molecule has 0 radical (unpaired) electrons. The number of hydrogen-bond donors (Lipinski definition) is 1. The lowest BCUT2D eigenvalue weighted by molar-refractivity contribution is -0.150. The maximum absolute atomic E-state index is 13.3. The molecular weight excluding hydrogens is 272 g/mol. The fourth-order valence-electron chi connectivity index (χ4n) is 4.23. The second kappa shape index (κ2) is 5.69. The van der Waals surface area contributed by atoms with Crippen LogP contribution in [0.3, 0.4) is 0 Å². The van der Waals surface area contributed by atoms with Crippen molar-refractivity contribution in [1.82, 2.24) is 10.2 Å². The molecule has 1 unspecified atom stereocenters. The van der Waals surface area contributed by atoms with Crippen molar-refractivity contribution in [2.45, 2.75) is 70.0 Å². The molecule has 1 aromatic carbocycles. The molecule has 1 aromatic rings. The van der Waals surface area contributed by atoms with E-state index in [1.807, 2.05) is 6.07 Å².